The van der Waals surface area contributed by atoms with Crippen molar-refractivity contribution < 1.29 is 0 Å². The predicted octanol–water partition coefficient (Wildman–Crippen LogP) is 2.63. The van der Waals surface area contributed by atoms with Gasteiger partial charge in [0.15, 0.2) is 0 Å². The van der Waals surface area contributed by atoms with E-state index in [1.54, 1.807) is 0 Å². The predicted molar refractivity (Wildman–Crippen MR) is 77.3 cm³/mol. The van der Waals surface area contributed by atoms with Crippen molar-refractivity contribution in [1.82, 2.24) is 10.3 Å². The van der Waals surface area contributed by atoms with Crippen LogP contribution in [-0.4, -0.2) is 23.6 Å². The van der Waals surface area contributed by atoms with Crippen molar-refractivity contribution in [3.05, 3.63) is 23.5 Å². The van der Waals surface area contributed by atoms with E-state index >= 15 is 0 Å². The summed E-state index contributed by atoms with van der Waals surface area (Å²) < 4.78 is 0. The van der Waals surface area contributed by atoms with Crippen LogP contribution in [0.25, 0.3) is 0 Å². The summed E-state index contributed by atoms with van der Waals surface area (Å²) in [6, 6.07) is 3.86. The minimum atomic E-state index is 0.768. The van der Waals surface area contributed by atoms with Crippen LogP contribution in [0.2, 0.25) is 0 Å². The molecule has 102 valence electrons. The van der Waals surface area contributed by atoms with E-state index in [-0.39, 0.29) is 0 Å². The van der Waals surface area contributed by atoms with Crippen LogP contribution in [0.15, 0.2) is 12.3 Å². The summed E-state index contributed by atoms with van der Waals surface area (Å²) in [4.78, 5) is 7.16. The van der Waals surface area contributed by atoms with Crippen LogP contribution < -0.4 is 10.2 Å². The second kappa shape index (κ2) is 4.48. The maximum atomic E-state index is 4.50. The summed E-state index contributed by atoms with van der Waals surface area (Å²) in [5.41, 5.74) is 3.99. The summed E-state index contributed by atoms with van der Waals surface area (Å²) in [5.74, 6) is 0.947. The van der Waals surface area contributed by atoms with Gasteiger partial charge in [0.2, 0.25) is 0 Å². The first-order valence-corrected chi connectivity index (χ1v) is 7.75. The van der Waals surface area contributed by atoms with E-state index in [0.717, 1.165) is 30.2 Å². The van der Waals surface area contributed by atoms with Gasteiger partial charge in [0, 0.05) is 48.3 Å². The Labute approximate surface area is 115 Å². The first-order chi connectivity index (χ1) is 9.29. The molecule has 3 fully saturated rings. The smallest absolute Gasteiger partial charge is 0.0448 e. The van der Waals surface area contributed by atoms with Gasteiger partial charge in [-0.25, -0.2) is 0 Å². The van der Waals surface area contributed by atoms with Gasteiger partial charge in [0.05, 0.1) is 0 Å². The highest BCUT2D eigenvalue weighted by Crippen LogP contribution is 2.41. The molecule has 3 nitrogen and oxygen atoms in total. The fourth-order valence-electron chi connectivity index (χ4n) is 3.74. The minimum Gasteiger partial charge on any atom is -0.368 e. The fraction of sp³-hybridized carbons (Fsp3) is 0.688. The van der Waals surface area contributed by atoms with Crippen LogP contribution in [-0.2, 0) is 6.54 Å². The van der Waals surface area contributed by atoms with Crippen molar-refractivity contribution in [3.8, 4) is 0 Å². The first kappa shape index (κ1) is 11.7. The van der Waals surface area contributed by atoms with Crippen molar-refractivity contribution in [2.45, 2.75) is 57.7 Å². The van der Waals surface area contributed by atoms with Crippen LogP contribution in [0.1, 0.15) is 43.4 Å². The molecule has 2 bridgehead atoms. The third-order valence-electron chi connectivity index (χ3n) is 4.98. The molecule has 0 aromatic carbocycles. The van der Waals surface area contributed by atoms with Crippen molar-refractivity contribution in [3.63, 3.8) is 0 Å². The molecule has 0 spiro atoms. The molecule has 3 aliphatic rings. The van der Waals surface area contributed by atoms with Gasteiger partial charge in [-0.3, -0.25) is 4.98 Å². The van der Waals surface area contributed by atoms with E-state index in [9.17, 15) is 0 Å². The molecule has 1 saturated heterocycles. The van der Waals surface area contributed by atoms with E-state index in [2.05, 4.69) is 34.4 Å². The number of piperidine rings is 1. The van der Waals surface area contributed by atoms with Gasteiger partial charge in [0.25, 0.3) is 0 Å². The second-order valence-corrected chi connectivity index (χ2v) is 6.59. The molecule has 1 aliphatic heterocycles. The largest absolute Gasteiger partial charge is 0.368 e. The molecule has 2 atom stereocenters. The van der Waals surface area contributed by atoms with Gasteiger partial charge >= 0.3 is 0 Å². The molecule has 2 aliphatic carbocycles. The highest BCUT2D eigenvalue weighted by molar-refractivity contribution is 5.56. The summed E-state index contributed by atoms with van der Waals surface area (Å²) >= 11 is 0. The van der Waals surface area contributed by atoms with E-state index in [1.807, 2.05) is 0 Å². The number of rotatable bonds is 4. The third-order valence-corrected chi connectivity index (χ3v) is 4.98. The van der Waals surface area contributed by atoms with Gasteiger partial charge in [0.1, 0.15) is 0 Å². The summed E-state index contributed by atoms with van der Waals surface area (Å²) in [7, 11) is 0. The quantitative estimate of drug-likeness (QED) is 0.898. The number of nitrogens with zero attached hydrogens (tertiary/aromatic N) is 2. The van der Waals surface area contributed by atoms with Gasteiger partial charge in [-0.05, 0) is 51.0 Å². The second-order valence-electron chi connectivity index (χ2n) is 6.59. The van der Waals surface area contributed by atoms with Crippen molar-refractivity contribution in [2.24, 2.45) is 5.92 Å². The van der Waals surface area contributed by atoms with E-state index in [1.165, 1.54) is 49.9 Å². The molecule has 4 rings (SSSR count). The maximum Gasteiger partial charge on any atom is 0.0448 e. The molecular weight excluding hydrogens is 234 g/mol. The molecule has 0 radical (unpaired) electrons. The van der Waals surface area contributed by atoms with E-state index in [0.29, 0.717) is 0 Å². The van der Waals surface area contributed by atoms with Crippen molar-refractivity contribution in [2.75, 3.05) is 11.4 Å². The van der Waals surface area contributed by atoms with Crippen molar-refractivity contribution in [1.29, 1.82) is 0 Å². The Balaban J connectivity index is 1.59. The van der Waals surface area contributed by atoms with Gasteiger partial charge in [-0.1, -0.05) is 0 Å². The van der Waals surface area contributed by atoms with Crippen LogP contribution in [0.4, 0.5) is 5.69 Å². The Kier molecular flexibility index (Phi) is 2.76. The van der Waals surface area contributed by atoms with E-state index in [4.69, 9.17) is 0 Å². The highest BCUT2D eigenvalue weighted by atomic mass is 15.2. The number of hydrogen-bond donors (Lipinski definition) is 1. The van der Waals surface area contributed by atoms with Crippen LogP contribution in [0, 0.1) is 12.8 Å². The standard InChI is InChI=1S/C16H23N3/c1-11-6-16(19-10-12-2-5-15(19)7-12)13(8-17-11)9-18-14-3-4-14/h6,8,12,14-15,18H,2-5,7,9-10H2,1H3. The Morgan fingerprint density at radius 3 is 2.89 bits per heavy atom. The molecule has 2 heterocycles. The van der Waals surface area contributed by atoms with Gasteiger partial charge in [-0.2, -0.15) is 0 Å². The van der Waals surface area contributed by atoms with Crippen molar-refractivity contribution >= 4 is 5.69 Å². The fourth-order valence-corrected chi connectivity index (χ4v) is 3.74. The number of nitrogens with one attached hydrogen (secondary N) is 1. The SMILES string of the molecule is Cc1cc(N2CC3CCC2C3)c(CNC2CC2)cn1. The lowest BCUT2D eigenvalue weighted by Gasteiger charge is -2.31. The summed E-state index contributed by atoms with van der Waals surface area (Å²) in [5, 5.41) is 3.63. The van der Waals surface area contributed by atoms with Crippen LogP contribution in [0.5, 0.6) is 0 Å². The van der Waals surface area contributed by atoms with Gasteiger partial charge < -0.3 is 10.2 Å². The third kappa shape index (κ3) is 2.25. The summed E-state index contributed by atoms with van der Waals surface area (Å²) in [6.45, 7) is 4.36. The monoisotopic (exact) mass is 257 g/mol. The molecule has 2 saturated carbocycles. The molecule has 1 N–H and O–H groups in total. The minimum absolute atomic E-state index is 0.768. The molecule has 2 unspecified atom stereocenters. The molecule has 19 heavy (non-hydrogen) atoms. The highest BCUT2D eigenvalue weighted by Gasteiger charge is 2.38. The Bertz CT molecular complexity index is 481. The average molecular weight is 257 g/mol. The summed E-state index contributed by atoms with van der Waals surface area (Å²) in [6.07, 6.45) is 9.04. The number of fused-ring (bicyclic) bond motifs is 2. The number of hydrogen-bond acceptors (Lipinski definition) is 3. The van der Waals surface area contributed by atoms with Gasteiger partial charge in [-0.15, -0.1) is 0 Å². The lowest BCUT2D eigenvalue weighted by Crippen LogP contribution is -2.33. The first-order valence-electron chi connectivity index (χ1n) is 7.75. The Morgan fingerprint density at radius 1 is 1.32 bits per heavy atom. The Hall–Kier alpha value is -1.09. The average Bonchev–Trinajstić information content (AvgIpc) is 3.01. The van der Waals surface area contributed by atoms with E-state index < -0.39 is 0 Å². The number of anilines is 1. The molecule has 1 aromatic rings. The topological polar surface area (TPSA) is 28.2 Å². The maximum absolute atomic E-state index is 4.50. The lowest BCUT2D eigenvalue weighted by atomic mass is 10.1. The molecule has 0 amide bonds. The molecular formula is C16H23N3. The Morgan fingerprint density at radius 2 is 2.21 bits per heavy atom. The zero-order valence-corrected chi connectivity index (χ0v) is 11.7. The zero-order chi connectivity index (χ0) is 12.8. The van der Waals surface area contributed by atoms with Crippen LogP contribution >= 0.6 is 0 Å². The molecule has 3 heteroatoms. The normalized spacial score (nSPS) is 29.2. The lowest BCUT2D eigenvalue weighted by molar-refractivity contribution is 0.551. The number of aryl methyl sites for hydroxylation is 1. The van der Waals surface area contributed by atoms with Crippen LogP contribution in [0.3, 0.4) is 0 Å². The zero-order valence-electron chi connectivity index (χ0n) is 11.7. The molecule has 1 aromatic heterocycles. The number of pyridine rings is 1. The number of aromatic nitrogens is 1.